The average Bonchev–Trinajstić information content (AvgIpc) is 3.56. The van der Waals surface area contributed by atoms with Crippen molar-refractivity contribution >= 4 is 43.4 Å². The van der Waals surface area contributed by atoms with E-state index in [1.165, 1.54) is 71.2 Å². The minimum Gasteiger partial charge on any atom is -0.324 e. The molecule has 2 heteroatoms. The molecule has 0 aliphatic heterocycles. The summed E-state index contributed by atoms with van der Waals surface area (Å²) >= 11 is 0. The van der Waals surface area contributed by atoms with E-state index in [4.69, 9.17) is 4.98 Å². The number of aryl methyl sites for hydroxylation is 1. The molecule has 7 aromatic carbocycles. The van der Waals surface area contributed by atoms with Crippen LogP contribution in [0.1, 0.15) is 38.3 Å². The summed E-state index contributed by atoms with van der Waals surface area (Å²) in [5, 5.41) is 7.96. The van der Waals surface area contributed by atoms with E-state index in [0.29, 0.717) is 0 Å². The number of benzene rings is 7. The molecule has 45 heavy (non-hydrogen) atoms. The number of aromatic nitrogens is 2. The molecule has 1 aromatic heterocycles. The highest BCUT2D eigenvalue weighted by Gasteiger charge is 2.38. The molecule has 0 radical (unpaired) electrons. The summed E-state index contributed by atoms with van der Waals surface area (Å²) in [5.41, 5.74) is 11.4. The van der Waals surface area contributed by atoms with E-state index in [0.717, 1.165) is 29.9 Å². The molecule has 0 amide bonds. The van der Waals surface area contributed by atoms with Crippen molar-refractivity contribution in [1.29, 1.82) is 0 Å². The summed E-state index contributed by atoms with van der Waals surface area (Å²) in [6.07, 6.45) is 1.07. The second-order valence-corrected chi connectivity index (χ2v) is 13.1. The molecule has 9 rings (SSSR count). The Kier molecular flexibility index (Phi) is 5.62. The van der Waals surface area contributed by atoms with Crippen molar-refractivity contribution in [2.45, 2.75) is 39.2 Å². The van der Waals surface area contributed by atoms with Crippen LogP contribution < -0.4 is 0 Å². The van der Waals surface area contributed by atoms with Gasteiger partial charge in [0.25, 0.3) is 0 Å². The van der Waals surface area contributed by atoms with E-state index in [2.05, 4.69) is 153 Å². The zero-order chi connectivity index (χ0) is 30.3. The van der Waals surface area contributed by atoms with Gasteiger partial charge in [0.1, 0.15) is 5.82 Å². The molecule has 1 heterocycles. The molecule has 0 atom stereocenters. The maximum absolute atomic E-state index is 5.01. The van der Waals surface area contributed by atoms with Crippen LogP contribution in [-0.4, -0.2) is 9.55 Å². The Morgan fingerprint density at radius 1 is 0.600 bits per heavy atom. The molecule has 0 saturated carbocycles. The van der Waals surface area contributed by atoms with Gasteiger partial charge in [-0.2, -0.15) is 0 Å². The highest BCUT2D eigenvalue weighted by Crippen LogP contribution is 2.55. The van der Waals surface area contributed by atoms with Gasteiger partial charge in [-0.15, -0.1) is 0 Å². The van der Waals surface area contributed by atoms with Crippen LogP contribution in [0.5, 0.6) is 0 Å². The normalized spacial score (nSPS) is 13.6. The van der Waals surface area contributed by atoms with Crippen molar-refractivity contribution < 1.29 is 0 Å². The molecular formula is C43H34N2. The van der Waals surface area contributed by atoms with Gasteiger partial charge in [0.2, 0.25) is 0 Å². The molecule has 0 fully saturated rings. The maximum Gasteiger partial charge on any atom is 0.141 e. The largest absolute Gasteiger partial charge is 0.324 e. The molecule has 0 spiro atoms. The summed E-state index contributed by atoms with van der Waals surface area (Å²) in [5.74, 6) is 1.04. The van der Waals surface area contributed by atoms with Gasteiger partial charge in [-0.25, -0.2) is 4.98 Å². The Bertz CT molecular complexity index is 2460. The Labute approximate surface area is 263 Å². The number of hydrogen-bond acceptors (Lipinski definition) is 1. The number of rotatable bonds is 4. The topological polar surface area (TPSA) is 17.8 Å². The predicted octanol–water partition coefficient (Wildman–Crippen LogP) is 11.5. The summed E-state index contributed by atoms with van der Waals surface area (Å²) < 4.78 is 2.35. The zero-order valence-corrected chi connectivity index (χ0v) is 25.9. The minimum absolute atomic E-state index is 0.107. The molecule has 1 aliphatic carbocycles. The third-order valence-electron chi connectivity index (χ3n) is 10.1. The smallest absolute Gasteiger partial charge is 0.141 e. The van der Waals surface area contributed by atoms with Crippen LogP contribution in [0.2, 0.25) is 0 Å². The van der Waals surface area contributed by atoms with Crippen molar-refractivity contribution in [2.75, 3.05) is 0 Å². The SMILES string of the molecule is CCCn1c(-c2ccc(-c3ccc4cc5c(cc4c3)C(C)(C)c3c-5c4ccccc4c4ccccc34)cc2)nc2ccccc21. The first kappa shape index (κ1) is 26.2. The quantitative estimate of drug-likeness (QED) is 0.190. The van der Waals surface area contributed by atoms with Gasteiger partial charge >= 0.3 is 0 Å². The molecular weight excluding hydrogens is 544 g/mol. The highest BCUT2D eigenvalue weighted by molar-refractivity contribution is 6.19. The Hall–Kier alpha value is -5.21. The second kappa shape index (κ2) is 9.64. The molecule has 0 saturated heterocycles. The monoisotopic (exact) mass is 578 g/mol. The number of fused-ring (bicyclic) bond motifs is 10. The van der Waals surface area contributed by atoms with E-state index >= 15 is 0 Å². The first-order chi connectivity index (χ1) is 22.0. The van der Waals surface area contributed by atoms with Gasteiger partial charge in [-0.05, 0) is 102 Å². The van der Waals surface area contributed by atoms with Crippen LogP contribution in [0, 0.1) is 0 Å². The summed E-state index contributed by atoms with van der Waals surface area (Å²) in [6.45, 7) is 7.98. The highest BCUT2D eigenvalue weighted by atomic mass is 15.1. The fraction of sp³-hybridized carbons (Fsp3) is 0.140. The van der Waals surface area contributed by atoms with Crippen molar-refractivity contribution in [1.82, 2.24) is 9.55 Å². The fourth-order valence-corrected chi connectivity index (χ4v) is 7.96. The van der Waals surface area contributed by atoms with Crippen LogP contribution >= 0.6 is 0 Å². The average molecular weight is 579 g/mol. The Balaban J connectivity index is 1.16. The first-order valence-corrected chi connectivity index (χ1v) is 16.1. The number of hydrogen-bond donors (Lipinski definition) is 0. The summed E-state index contributed by atoms with van der Waals surface area (Å²) in [4.78, 5) is 5.01. The van der Waals surface area contributed by atoms with E-state index in [-0.39, 0.29) is 5.41 Å². The van der Waals surface area contributed by atoms with Crippen LogP contribution in [-0.2, 0) is 12.0 Å². The van der Waals surface area contributed by atoms with Crippen molar-refractivity contribution in [3.63, 3.8) is 0 Å². The Morgan fingerprint density at radius 3 is 2.02 bits per heavy atom. The van der Waals surface area contributed by atoms with Gasteiger partial charge in [0, 0.05) is 17.5 Å². The van der Waals surface area contributed by atoms with Crippen LogP contribution in [0.3, 0.4) is 0 Å². The Morgan fingerprint density at radius 2 is 1.24 bits per heavy atom. The van der Waals surface area contributed by atoms with Crippen LogP contribution in [0.15, 0.2) is 127 Å². The lowest BCUT2D eigenvalue weighted by atomic mass is 9.79. The van der Waals surface area contributed by atoms with Crippen molar-refractivity contribution in [3.8, 4) is 33.6 Å². The third-order valence-corrected chi connectivity index (χ3v) is 10.1. The lowest BCUT2D eigenvalue weighted by molar-refractivity contribution is 0.667. The molecule has 216 valence electrons. The van der Waals surface area contributed by atoms with E-state index in [1.54, 1.807) is 0 Å². The van der Waals surface area contributed by atoms with E-state index in [1.807, 2.05) is 0 Å². The summed E-state index contributed by atoms with van der Waals surface area (Å²) in [7, 11) is 0. The number of nitrogens with zero attached hydrogens (tertiary/aromatic N) is 2. The lowest BCUT2D eigenvalue weighted by Gasteiger charge is -2.24. The molecule has 0 N–H and O–H groups in total. The number of imidazole rings is 1. The van der Waals surface area contributed by atoms with Gasteiger partial charge in [0.05, 0.1) is 11.0 Å². The van der Waals surface area contributed by atoms with Gasteiger partial charge in [0.15, 0.2) is 0 Å². The predicted molar refractivity (Wildman–Crippen MR) is 191 cm³/mol. The van der Waals surface area contributed by atoms with Gasteiger partial charge in [-0.1, -0.05) is 118 Å². The van der Waals surface area contributed by atoms with Gasteiger partial charge in [-0.3, -0.25) is 0 Å². The molecule has 0 unspecified atom stereocenters. The fourth-order valence-electron chi connectivity index (χ4n) is 7.96. The van der Waals surface area contributed by atoms with Gasteiger partial charge < -0.3 is 4.57 Å². The third kappa shape index (κ3) is 3.78. The first-order valence-electron chi connectivity index (χ1n) is 16.1. The number of para-hydroxylation sites is 2. The molecule has 2 nitrogen and oxygen atoms in total. The molecule has 8 aromatic rings. The standard InChI is InChI=1S/C43H34N2/c1-4-23-45-39-16-10-9-15-38(39)44-42(45)28-19-17-27(18-20-28)29-21-22-30-25-36-37(26-31(30)24-29)43(2,3)41-35-14-8-6-12-33(35)32-11-5-7-13-34(32)40(36)41/h5-22,24-26H,4,23H2,1-3H3. The minimum atomic E-state index is -0.107. The molecule has 0 bridgehead atoms. The van der Waals surface area contributed by atoms with E-state index < -0.39 is 0 Å². The van der Waals surface area contributed by atoms with E-state index in [9.17, 15) is 0 Å². The second-order valence-electron chi connectivity index (χ2n) is 13.1. The summed E-state index contributed by atoms with van der Waals surface area (Å²) in [6, 6.07) is 47.1. The van der Waals surface area contributed by atoms with Crippen LogP contribution in [0.4, 0.5) is 0 Å². The van der Waals surface area contributed by atoms with Crippen molar-refractivity contribution in [3.05, 3.63) is 139 Å². The lowest BCUT2D eigenvalue weighted by Crippen LogP contribution is -2.15. The zero-order valence-electron chi connectivity index (χ0n) is 25.9. The molecule has 1 aliphatic rings. The maximum atomic E-state index is 5.01. The van der Waals surface area contributed by atoms with Crippen molar-refractivity contribution in [2.24, 2.45) is 0 Å². The van der Waals surface area contributed by atoms with Crippen LogP contribution in [0.25, 0.3) is 77.0 Å².